The Bertz CT molecular complexity index is 695. The molecule has 0 radical (unpaired) electrons. The van der Waals surface area contributed by atoms with Crippen molar-refractivity contribution in [1.82, 2.24) is 14.7 Å². The van der Waals surface area contributed by atoms with Crippen molar-refractivity contribution in [3.63, 3.8) is 0 Å². The molecule has 0 atom stereocenters. The fourth-order valence-electron chi connectivity index (χ4n) is 4.00. The third kappa shape index (κ3) is 2.65. The first-order valence-electron chi connectivity index (χ1n) is 8.91. The number of rotatable bonds is 3. The molecule has 4 nitrogen and oxygen atoms in total. The van der Waals surface area contributed by atoms with Crippen molar-refractivity contribution >= 4 is 5.82 Å². The summed E-state index contributed by atoms with van der Waals surface area (Å²) < 4.78 is 2.14. The molecule has 23 heavy (non-hydrogen) atoms. The van der Waals surface area contributed by atoms with E-state index in [1.165, 1.54) is 60.8 Å². The Morgan fingerprint density at radius 3 is 2.83 bits per heavy atom. The van der Waals surface area contributed by atoms with Gasteiger partial charge in [-0.25, -0.2) is 4.68 Å². The van der Waals surface area contributed by atoms with Crippen LogP contribution in [0.4, 0.5) is 5.82 Å². The van der Waals surface area contributed by atoms with Gasteiger partial charge < -0.3 is 10.2 Å². The van der Waals surface area contributed by atoms with Gasteiger partial charge in [-0.3, -0.25) is 0 Å². The summed E-state index contributed by atoms with van der Waals surface area (Å²) >= 11 is 0. The number of aryl methyl sites for hydroxylation is 1. The van der Waals surface area contributed by atoms with Gasteiger partial charge in [0, 0.05) is 18.0 Å². The van der Waals surface area contributed by atoms with E-state index in [2.05, 4.69) is 53.0 Å². The van der Waals surface area contributed by atoms with Gasteiger partial charge >= 0.3 is 0 Å². The highest BCUT2D eigenvalue weighted by Gasteiger charge is 2.29. The largest absolute Gasteiger partial charge is 0.369 e. The molecule has 0 spiro atoms. The van der Waals surface area contributed by atoms with Crippen LogP contribution in [0.1, 0.15) is 42.5 Å². The van der Waals surface area contributed by atoms with Crippen LogP contribution in [0, 0.1) is 6.92 Å². The maximum atomic E-state index is 5.05. The van der Waals surface area contributed by atoms with Crippen LogP contribution in [-0.4, -0.2) is 40.9 Å². The van der Waals surface area contributed by atoms with E-state index in [4.69, 9.17) is 5.10 Å². The van der Waals surface area contributed by atoms with Gasteiger partial charge in [-0.1, -0.05) is 19.1 Å². The Balaban J connectivity index is 1.68. The fraction of sp³-hybridized carbons (Fsp3) is 0.526. The van der Waals surface area contributed by atoms with Crippen molar-refractivity contribution in [2.45, 2.75) is 39.0 Å². The first-order valence-corrected chi connectivity index (χ1v) is 8.91. The number of fused-ring (bicyclic) bond motifs is 1. The van der Waals surface area contributed by atoms with Crippen LogP contribution >= 0.6 is 0 Å². The molecule has 2 aliphatic rings. The second-order valence-corrected chi connectivity index (χ2v) is 6.85. The Labute approximate surface area is 138 Å². The van der Waals surface area contributed by atoms with Gasteiger partial charge in [-0.15, -0.1) is 0 Å². The van der Waals surface area contributed by atoms with Crippen LogP contribution in [0.15, 0.2) is 24.3 Å². The van der Waals surface area contributed by atoms with E-state index in [0.29, 0.717) is 5.92 Å². The minimum Gasteiger partial charge on any atom is -0.369 e. The standard InChI is InChI=1S/C19H26N4/c1-3-22-11-8-15(9-12-22)18-17-7-10-20-19(17)23(21-18)16-6-4-5-14(2)13-16/h4-6,13,15,20H,3,7-12H2,1-2H3. The van der Waals surface area contributed by atoms with Crippen LogP contribution in [0.25, 0.3) is 5.69 Å². The van der Waals surface area contributed by atoms with E-state index in [1.807, 2.05) is 0 Å². The molecular weight excluding hydrogens is 284 g/mol. The molecule has 122 valence electrons. The lowest BCUT2D eigenvalue weighted by atomic mass is 9.91. The lowest BCUT2D eigenvalue weighted by Gasteiger charge is -2.30. The molecule has 1 N–H and O–H groups in total. The number of aromatic nitrogens is 2. The molecule has 0 aliphatic carbocycles. The lowest BCUT2D eigenvalue weighted by molar-refractivity contribution is 0.220. The van der Waals surface area contributed by atoms with Crippen molar-refractivity contribution in [3.8, 4) is 5.69 Å². The van der Waals surface area contributed by atoms with E-state index in [9.17, 15) is 0 Å². The summed E-state index contributed by atoms with van der Waals surface area (Å²) in [4.78, 5) is 2.55. The number of nitrogens with one attached hydrogen (secondary N) is 1. The number of benzene rings is 1. The third-order valence-corrected chi connectivity index (χ3v) is 5.35. The molecule has 4 heteroatoms. The number of anilines is 1. The first kappa shape index (κ1) is 14.8. The van der Waals surface area contributed by atoms with Gasteiger partial charge in [0.15, 0.2) is 0 Å². The summed E-state index contributed by atoms with van der Waals surface area (Å²) in [5.41, 5.74) is 5.26. The summed E-state index contributed by atoms with van der Waals surface area (Å²) in [6, 6.07) is 8.63. The minimum atomic E-state index is 0.623. The van der Waals surface area contributed by atoms with Crippen molar-refractivity contribution in [1.29, 1.82) is 0 Å². The van der Waals surface area contributed by atoms with Crippen LogP contribution in [-0.2, 0) is 6.42 Å². The number of piperidine rings is 1. The smallest absolute Gasteiger partial charge is 0.133 e. The van der Waals surface area contributed by atoms with Crippen molar-refractivity contribution in [3.05, 3.63) is 41.1 Å². The molecule has 2 aliphatic heterocycles. The lowest BCUT2D eigenvalue weighted by Crippen LogP contribution is -2.33. The molecule has 1 saturated heterocycles. The van der Waals surface area contributed by atoms with Gasteiger partial charge in [-0.05, 0) is 63.5 Å². The van der Waals surface area contributed by atoms with Crippen molar-refractivity contribution in [2.24, 2.45) is 0 Å². The number of hydrogen-bond acceptors (Lipinski definition) is 3. The summed E-state index contributed by atoms with van der Waals surface area (Å²) in [5.74, 6) is 1.85. The molecule has 1 fully saturated rings. The number of likely N-dealkylation sites (tertiary alicyclic amines) is 1. The van der Waals surface area contributed by atoms with E-state index < -0.39 is 0 Å². The highest BCUT2D eigenvalue weighted by Crippen LogP contribution is 2.36. The van der Waals surface area contributed by atoms with E-state index in [-0.39, 0.29) is 0 Å². The van der Waals surface area contributed by atoms with E-state index in [0.717, 1.165) is 13.0 Å². The molecule has 1 aromatic carbocycles. The Kier molecular flexibility index (Phi) is 3.85. The van der Waals surface area contributed by atoms with E-state index in [1.54, 1.807) is 0 Å². The maximum absolute atomic E-state index is 5.05. The predicted octanol–water partition coefficient (Wildman–Crippen LogP) is 3.35. The third-order valence-electron chi connectivity index (χ3n) is 5.35. The highest BCUT2D eigenvalue weighted by atomic mass is 15.3. The normalized spacial score (nSPS) is 18.9. The zero-order valence-electron chi connectivity index (χ0n) is 14.2. The van der Waals surface area contributed by atoms with Gasteiger partial charge in [0.1, 0.15) is 5.82 Å². The summed E-state index contributed by atoms with van der Waals surface area (Å²) in [5, 5.41) is 8.61. The van der Waals surface area contributed by atoms with Crippen LogP contribution in [0.2, 0.25) is 0 Å². The fourth-order valence-corrected chi connectivity index (χ4v) is 4.00. The van der Waals surface area contributed by atoms with Crippen LogP contribution in [0.3, 0.4) is 0 Å². The molecule has 0 bridgehead atoms. The second-order valence-electron chi connectivity index (χ2n) is 6.85. The highest BCUT2D eigenvalue weighted by molar-refractivity contribution is 5.58. The summed E-state index contributed by atoms with van der Waals surface area (Å²) in [6.07, 6.45) is 3.60. The second kappa shape index (κ2) is 6.00. The molecule has 0 saturated carbocycles. The molecule has 0 unspecified atom stereocenters. The predicted molar refractivity (Wildman–Crippen MR) is 94.6 cm³/mol. The molecule has 4 rings (SSSR count). The average molecular weight is 310 g/mol. The Morgan fingerprint density at radius 1 is 1.26 bits per heavy atom. The van der Waals surface area contributed by atoms with Gasteiger partial charge in [-0.2, -0.15) is 5.10 Å². The molecule has 0 amide bonds. The molecular formula is C19H26N4. The number of hydrogen-bond donors (Lipinski definition) is 1. The quantitative estimate of drug-likeness (QED) is 0.944. The first-order chi connectivity index (χ1) is 11.3. The molecule has 3 heterocycles. The van der Waals surface area contributed by atoms with Crippen LogP contribution < -0.4 is 5.32 Å². The Morgan fingerprint density at radius 2 is 2.09 bits per heavy atom. The van der Waals surface area contributed by atoms with Gasteiger partial charge in [0.05, 0.1) is 11.4 Å². The van der Waals surface area contributed by atoms with Gasteiger partial charge in [0.2, 0.25) is 0 Å². The summed E-state index contributed by atoms with van der Waals surface area (Å²) in [6.45, 7) is 9.03. The SMILES string of the molecule is CCN1CCC(c2nn(-c3cccc(C)c3)c3c2CCN3)CC1. The average Bonchev–Trinajstić information content (AvgIpc) is 3.17. The van der Waals surface area contributed by atoms with E-state index >= 15 is 0 Å². The Hall–Kier alpha value is -1.81. The monoisotopic (exact) mass is 310 g/mol. The minimum absolute atomic E-state index is 0.623. The zero-order chi connectivity index (χ0) is 15.8. The zero-order valence-corrected chi connectivity index (χ0v) is 14.2. The van der Waals surface area contributed by atoms with Crippen molar-refractivity contribution < 1.29 is 0 Å². The van der Waals surface area contributed by atoms with Gasteiger partial charge in [0.25, 0.3) is 0 Å². The van der Waals surface area contributed by atoms with Crippen LogP contribution in [0.5, 0.6) is 0 Å². The maximum Gasteiger partial charge on any atom is 0.133 e. The number of nitrogens with zero attached hydrogens (tertiary/aromatic N) is 3. The molecule has 2 aromatic rings. The topological polar surface area (TPSA) is 33.1 Å². The summed E-state index contributed by atoms with van der Waals surface area (Å²) in [7, 11) is 0. The molecule has 1 aromatic heterocycles. The van der Waals surface area contributed by atoms with Crippen molar-refractivity contribution in [2.75, 3.05) is 31.5 Å².